The number of rotatable bonds is 2. The first-order valence-electron chi connectivity index (χ1n) is 6.44. The summed E-state index contributed by atoms with van der Waals surface area (Å²) in [5, 5.41) is 19.3. The van der Waals surface area contributed by atoms with Gasteiger partial charge in [0.25, 0.3) is 0 Å². The number of aromatic nitrogens is 1. The molecule has 1 aromatic heterocycles. The third-order valence-electron chi connectivity index (χ3n) is 4.08. The molecular formula is C15H14N2O2. The standard InChI is InChI=1S/C15H14N2O2/c16-7-9-4-5-14-12(6-9)13(8-17-14)10-2-1-3-11(10)15(18)19/h4-6,8,10-11,17H,1-3H2,(H,18,19)/t10-,11-/m0/s1. The summed E-state index contributed by atoms with van der Waals surface area (Å²) in [5.41, 5.74) is 2.61. The van der Waals surface area contributed by atoms with Crippen LogP contribution in [0.1, 0.15) is 36.3 Å². The molecule has 4 nitrogen and oxygen atoms in total. The zero-order valence-electron chi connectivity index (χ0n) is 10.4. The van der Waals surface area contributed by atoms with Crippen LogP contribution in [-0.2, 0) is 4.79 Å². The maximum Gasteiger partial charge on any atom is 0.307 e. The lowest BCUT2D eigenvalue weighted by atomic mass is 9.88. The Hall–Kier alpha value is -2.28. The maximum absolute atomic E-state index is 11.3. The predicted molar refractivity (Wildman–Crippen MR) is 70.7 cm³/mol. The molecule has 1 saturated carbocycles. The highest BCUT2D eigenvalue weighted by atomic mass is 16.4. The Kier molecular flexibility index (Phi) is 2.75. The zero-order chi connectivity index (χ0) is 13.4. The molecule has 0 amide bonds. The molecule has 0 radical (unpaired) electrons. The van der Waals surface area contributed by atoms with Crippen LogP contribution in [0.2, 0.25) is 0 Å². The van der Waals surface area contributed by atoms with Crippen LogP contribution in [-0.4, -0.2) is 16.1 Å². The molecule has 4 heteroatoms. The lowest BCUT2D eigenvalue weighted by molar-refractivity contribution is -0.141. The minimum Gasteiger partial charge on any atom is -0.481 e. The average Bonchev–Trinajstić information content (AvgIpc) is 3.03. The SMILES string of the molecule is N#Cc1ccc2[nH]cc([C@H]3CCC[C@@H]3C(=O)O)c2c1. The van der Waals surface area contributed by atoms with Crippen LogP contribution in [0.25, 0.3) is 10.9 Å². The number of carboxylic acids is 1. The van der Waals surface area contributed by atoms with Crippen molar-refractivity contribution in [2.45, 2.75) is 25.2 Å². The van der Waals surface area contributed by atoms with Gasteiger partial charge in [0, 0.05) is 17.1 Å². The lowest BCUT2D eigenvalue weighted by Crippen LogP contribution is -2.16. The third kappa shape index (κ3) is 1.88. The highest BCUT2D eigenvalue weighted by Crippen LogP contribution is 2.42. The van der Waals surface area contributed by atoms with Crippen molar-refractivity contribution in [3.8, 4) is 6.07 Å². The molecule has 2 atom stereocenters. The first-order chi connectivity index (χ1) is 9.20. The second-order valence-electron chi connectivity index (χ2n) is 5.10. The van der Waals surface area contributed by atoms with Gasteiger partial charge in [0.15, 0.2) is 0 Å². The van der Waals surface area contributed by atoms with Crippen LogP contribution in [0, 0.1) is 17.2 Å². The van der Waals surface area contributed by atoms with Gasteiger partial charge in [0.2, 0.25) is 0 Å². The largest absolute Gasteiger partial charge is 0.481 e. The Balaban J connectivity index is 2.10. The number of carboxylic acid groups (broad SMARTS) is 1. The number of nitrogens with one attached hydrogen (secondary N) is 1. The van der Waals surface area contributed by atoms with Crippen LogP contribution in [0.4, 0.5) is 0 Å². The van der Waals surface area contributed by atoms with Gasteiger partial charge in [-0.25, -0.2) is 0 Å². The number of hydrogen-bond donors (Lipinski definition) is 2. The van der Waals surface area contributed by atoms with Crippen LogP contribution in [0.3, 0.4) is 0 Å². The number of nitriles is 1. The number of nitrogens with zero attached hydrogens (tertiary/aromatic N) is 1. The van der Waals surface area contributed by atoms with Gasteiger partial charge >= 0.3 is 5.97 Å². The molecule has 1 aliphatic carbocycles. The molecule has 0 bridgehead atoms. The number of aliphatic carboxylic acids is 1. The van der Waals surface area contributed by atoms with Crippen LogP contribution < -0.4 is 0 Å². The highest BCUT2D eigenvalue weighted by Gasteiger charge is 2.35. The quantitative estimate of drug-likeness (QED) is 0.864. The lowest BCUT2D eigenvalue weighted by Gasteiger charge is -2.15. The number of aromatic amines is 1. The van der Waals surface area contributed by atoms with Crippen molar-refractivity contribution in [2.24, 2.45) is 5.92 Å². The topological polar surface area (TPSA) is 76.9 Å². The van der Waals surface area contributed by atoms with E-state index in [1.807, 2.05) is 18.3 Å². The zero-order valence-corrected chi connectivity index (χ0v) is 10.4. The van der Waals surface area contributed by atoms with E-state index in [1.165, 1.54) is 0 Å². The summed E-state index contributed by atoms with van der Waals surface area (Å²) in [6.07, 6.45) is 4.50. The van der Waals surface area contributed by atoms with Crippen molar-refractivity contribution in [2.75, 3.05) is 0 Å². The molecule has 3 rings (SSSR count). The Morgan fingerprint density at radius 2 is 2.26 bits per heavy atom. The predicted octanol–water partition coefficient (Wildman–Crippen LogP) is 3.01. The highest BCUT2D eigenvalue weighted by molar-refractivity contribution is 5.86. The van der Waals surface area contributed by atoms with Crippen LogP contribution >= 0.6 is 0 Å². The third-order valence-corrected chi connectivity index (χ3v) is 4.08. The molecule has 96 valence electrons. The summed E-state index contributed by atoms with van der Waals surface area (Å²) in [7, 11) is 0. The van der Waals surface area contributed by atoms with Crippen molar-refractivity contribution in [3.05, 3.63) is 35.5 Å². The minimum atomic E-state index is -0.715. The summed E-state index contributed by atoms with van der Waals surface area (Å²) >= 11 is 0. The van der Waals surface area contributed by atoms with Crippen LogP contribution in [0.15, 0.2) is 24.4 Å². The Morgan fingerprint density at radius 1 is 1.42 bits per heavy atom. The molecule has 2 aromatic rings. The smallest absolute Gasteiger partial charge is 0.307 e. The number of hydrogen-bond acceptors (Lipinski definition) is 2. The summed E-state index contributed by atoms with van der Waals surface area (Å²) in [4.78, 5) is 14.5. The van der Waals surface area contributed by atoms with E-state index in [2.05, 4.69) is 11.1 Å². The summed E-state index contributed by atoms with van der Waals surface area (Å²) in [5.74, 6) is -0.960. The van der Waals surface area contributed by atoms with E-state index in [-0.39, 0.29) is 11.8 Å². The van der Waals surface area contributed by atoms with E-state index in [0.717, 1.165) is 35.7 Å². The van der Waals surface area contributed by atoms with E-state index < -0.39 is 5.97 Å². The van der Waals surface area contributed by atoms with Gasteiger partial charge in [-0.1, -0.05) is 6.42 Å². The van der Waals surface area contributed by atoms with E-state index >= 15 is 0 Å². The molecule has 1 aliphatic rings. The van der Waals surface area contributed by atoms with Gasteiger partial charge < -0.3 is 10.1 Å². The number of H-pyrrole nitrogens is 1. The number of benzene rings is 1. The monoisotopic (exact) mass is 254 g/mol. The van der Waals surface area contributed by atoms with E-state index in [4.69, 9.17) is 5.26 Å². The number of fused-ring (bicyclic) bond motifs is 1. The first kappa shape index (κ1) is 11.8. The van der Waals surface area contributed by atoms with Gasteiger partial charge in [-0.15, -0.1) is 0 Å². The van der Waals surface area contributed by atoms with Crippen molar-refractivity contribution in [1.29, 1.82) is 5.26 Å². The Morgan fingerprint density at radius 3 is 3.00 bits per heavy atom. The Labute approximate surface area is 110 Å². The first-order valence-corrected chi connectivity index (χ1v) is 6.44. The van der Waals surface area contributed by atoms with E-state index in [9.17, 15) is 9.90 Å². The van der Waals surface area contributed by atoms with Gasteiger partial charge in [-0.05, 0) is 42.5 Å². The number of carbonyl (C=O) groups is 1. The second kappa shape index (κ2) is 4.43. The second-order valence-corrected chi connectivity index (χ2v) is 5.10. The van der Waals surface area contributed by atoms with E-state index in [1.54, 1.807) is 6.07 Å². The van der Waals surface area contributed by atoms with Crippen LogP contribution in [0.5, 0.6) is 0 Å². The van der Waals surface area contributed by atoms with Crippen molar-refractivity contribution in [1.82, 2.24) is 4.98 Å². The molecule has 0 spiro atoms. The normalized spacial score (nSPS) is 22.5. The molecule has 19 heavy (non-hydrogen) atoms. The van der Waals surface area contributed by atoms with Gasteiger partial charge in [-0.3, -0.25) is 4.79 Å². The Bertz CT molecular complexity index is 681. The van der Waals surface area contributed by atoms with E-state index in [0.29, 0.717) is 5.56 Å². The van der Waals surface area contributed by atoms with Crippen molar-refractivity contribution >= 4 is 16.9 Å². The summed E-state index contributed by atoms with van der Waals surface area (Å²) < 4.78 is 0. The van der Waals surface area contributed by atoms with Gasteiger partial charge in [-0.2, -0.15) is 5.26 Å². The van der Waals surface area contributed by atoms with Crippen molar-refractivity contribution < 1.29 is 9.90 Å². The average molecular weight is 254 g/mol. The maximum atomic E-state index is 11.3. The molecule has 1 aromatic carbocycles. The fourth-order valence-electron chi connectivity index (χ4n) is 3.15. The molecular weight excluding hydrogens is 240 g/mol. The fourth-order valence-corrected chi connectivity index (χ4v) is 3.15. The molecule has 1 heterocycles. The molecule has 1 fully saturated rings. The minimum absolute atomic E-state index is 0.0557. The molecule has 0 unspecified atom stereocenters. The molecule has 2 N–H and O–H groups in total. The van der Waals surface area contributed by atoms with Gasteiger partial charge in [0.05, 0.1) is 17.6 Å². The van der Waals surface area contributed by atoms with Gasteiger partial charge in [0.1, 0.15) is 0 Å². The van der Waals surface area contributed by atoms with Crippen molar-refractivity contribution in [3.63, 3.8) is 0 Å². The fraction of sp³-hybridized carbons (Fsp3) is 0.333. The molecule has 0 saturated heterocycles. The summed E-state index contributed by atoms with van der Waals surface area (Å²) in [6.45, 7) is 0. The molecule has 0 aliphatic heterocycles. The summed E-state index contributed by atoms with van der Waals surface area (Å²) in [6, 6.07) is 7.62.